The molecule has 1 aliphatic rings. The van der Waals surface area contributed by atoms with Gasteiger partial charge in [0.1, 0.15) is 11.9 Å². The molecule has 0 fully saturated rings. The van der Waals surface area contributed by atoms with Crippen molar-refractivity contribution in [1.82, 2.24) is 4.90 Å². The van der Waals surface area contributed by atoms with Crippen molar-refractivity contribution >= 4 is 11.9 Å². The quantitative estimate of drug-likeness (QED) is 0.779. The van der Waals surface area contributed by atoms with E-state index < -0.39 is 0 Å². The van der Waals surface area contributed by atoms with Crippen molar-refractivity contribution in [2.24, 2.45) is 10.7 Å². The van der Waals surface area contributed by atoms with Crippen LogP contribution in [0.1, 0.15) is 18.5 Å². The standard InChI is InChI=1S/C13H13N3O/c1-3-9(2)16-11(12(14)15-13(16)17)10-7-5-4-6-8-10/h1,4-9,11H,2H3,(H2,14,15,17). The van der Waals surface area contributed by atoms with Gasteiger partial charge in [-0.2, -0.15) is 4.99 Å². The molecule has 0 aromatic heterocycles. The van der Waals surface area contributed by atoms with Crippen LogP contribution in [0.2, 0.25) is 0 Å². The van der Waals surface area contributed by atoms with Crippen molar-refractivity contribution in [2.45, 2.75) is 19.0 Å². The highest BCUT2D eigenvalue weighted by molar-refractivity contribution is 6.03. The van der Waals surface area contributed by atoms with Gasteiger partial charge in [0.15, 0.2) is 0 Å². The molecule has 0 radical (unpaired) electrons. The highest BCUT2D eigenvalue weighted by Crippen LogP contribution is 2.28. The normalized spacial score (nSPS) is 20.9. The Hall–Kier alpha value is -2.28. The summed E-state index contributed by atoms with van der Waals surface area (Å²) in [6, 6.07) is 8.44. The fourth-order valence-electron chi connectivity index (χ4n) is 1.92. The molecule has 2 atom stereocenters. The number of aliphatic imine (C=N–C) groups is 1. The summed E-state index contributed by atoms with van der Waals surface area (Å²) in [7, 11) is 0. The summed E-state index contributed by atoms with van der Waals surface area (Å²) >= 11 is 0. The number of amidine groups is 1. The molecule has 0 bridgehead atoms. The lowest BCUT2D eigenvalue weighted by atomic mass is 10.0. The van der Waals surface area contributed by atoms with E-state index in [0.29, 0.717) is 5.84 Å². The van der Waals surface area contributed by atoms with Gasteiger partial charge in [-0.15, -0.1) is 6.42 Å². The van der Waals surface area contributed by atoms with Crippen molar-refractivity contribution < 1.29 is 4.79 Å². The van der Waals surface area contributed by atoms with E-state index in [1.54, 1.807) is 6.92 Å². The summed E-state index contributed by atoms with van der Waals surface area (Å²) in [5, 5.41) is 0. The smallest absolute Gasteiger partial charge is 0.347 e. The molecule has 2 rings (SSSR count). The number of hydrogen-bond donors (Lipinski definition) is 1. The van der Waals surface area contributed by atoms with E-state index in [0.717, 1.165) is 5.56 Å². The molecule has 86 valence electrons. The Bertz CT molecular complexity index is 501. The average molecular weight is 227 g/mol. The molecule has 2 amide bonds. The largest absolute Gasteiger partial charge is 0.385 e. The average Bonchev–Trinajstić information content (AvgIpc) is 2.64. The van der Waals surface area contributed by atoms with E-state index in [4.69, 9.17) is 12.2 Å². The molecule has 1 aromatic carbocycles. The number of urea groups is 1. The fourth-order valence-corrected chi connectivity index (χ4v) is 1.92. The van der Waals surface area contributed by atoms with Crippen LogP contribution >= 0.6 is 0 Å². The second kappa shape index (κ2) is 4.30. The minimum atomic E-state index is -0.373. The Kier molecular flexibility index (Phi) is 2.84. The van der Waals surface area contributed by atoms with Gasteiger partial charge in [0.25, 0.3) is 0 Å². The Morgan fingerprint density at radius 2 is 2.12 bits per heavy atom. The number of amides is 2. The highest BCUT2D eigenvalue weighted by atomic mass is 16.2. The van der Waals surface area contributed by atoms with Crippen LogP contribution in [0.25, 0.3) is 0 Å². The number of carbonyl (C=O) groups excluding carboxylic acids is 1. The van der Waals surface area contributed by atoms with Crippen molar-refractivity contribution in [3.05, 3.63) is 35.9 Å². The van der Waals surface area contributed by atoms with Crippen LogP contribution in [0.5, 0.6) is 0 Å². The Labute approximate surface area is 100 Å². The first-order valence-corrected chi connectivity index (χ1v) is 5.32. The van der Waals surface area contributed by atoms with E-state index in [1.807, 2.05) is 30.3 Å². The summed E-state index contributed by atoms with van der Waals surface area (Å²) < 4.78 is 0. The maximum absolute atomic E-state index is 11.7. The number of carbonyl (C=O) groups is 1. The zero-order chi connectivity index (χ0) is 12.4. The summed E-state index contributed by atoms with van der Waals surface area (Å²) in [6.45, 7) is 1.78. The highest BCUT2D eigenvalue weighted by Gasteiger charge is 2.36. The Morgan fingerprint density at radius 1 is 1.47 bits per heavy atom. The van der Waals surface area contributed by atoms with Crippen molar-refractivity contribution in [2.75, 3.05) is 0 Å². The van der Waals surface area contributed by atoms with Crippen LogP contribution in [0, 0.1) is 12.3 Å². The molecule has 1 aromatic rings. The van der Waals surface area contributed by atoms with Crippen LogP contribution in [0.4, 0.5) is 4.79 Å². The maximum Gasteiger partial charge on any atom is 0.347 e. The first-order chi connectivity index (χ1) is 8.15. The summed E-state index contributed by atoms with van der Waals surface area (Å²) in [5.74, 6) is 2.83. The topological polar surface area (TPSA) is 58.7 Å². The molecule has 0 aliphatic carbocycles. The molecule has 0 saturated heterocycles. The lowest BCUT2D eigenvalue weighted by Crippen LogP contribution is -2.38. The van der Waals surface area contributed by atoms with E-state index in [9.17, 15) is 4.79 Å². The second-order valence-electron chi connectivity index (χ2n) is 3.88. The van der Waals surface area contributed by atoms with Gasteiger partial charge in [-0.3, -0.25) is 4.90 Å². The number of hydrogen-bond acceptors (Lipinski definition) is 2. The zero-order valence-corrected chi connectivity index (χ0v) is 9.50. The minimum Gasteiger partial charge on any atom is -0.385 e. The number of nitrogens with zero attached hydrogens (tertiary/aromatic N) is 2. The number of nitrogens with two attached hydrogens (primary N) is 1. The number of benzene rings is 1. The number of rotatable bonds is 2. The third kappa shape index (κ3) is 1.87. The summed E-state index contributed by atoms with van der Waals surface area (Å²) in [6.07, 6.45) is 5.36. The maximum atomic E-state index is 11.7. The van der Waals surface area contributed by atoms with Crippen molar-refractivity contribution in [1.29, 1.82) is 0 Å². The summed E-state index contributed by atoms with van der Waals surface area (Å²) in [4.78, 5) is 17.0. The number of terminal acetylenes is 1. The zero-order valence-electron chi connectivity index (χ0n) is 9.50. The van der Waals surface area contributed by atoms with Crippen LogP contribution < -0.4 is 5.73 Å². The van der Waals surface area contributed by atoms with E-state index in [2.05, 4.69) is 10.9 Å². The summed E-state index contributed by atoms with van der Waals surface area (Å²) in [5.41, 5.74) is 6.72. The van der Waals surface area contributed by atoms with Gasteiger partial charge in [-0.25, -0.2) is 4.79 Å². The van der Waals surface area contributed by atoms with E-state index in [1.165, 1.54) is 4.90 Å². The molecule has 1 aliphatic heterocycles. The fraction of sp³-hybridized carbons (Fsp3) is 0.231. The molecule has 4 heteroatoms. The molecule has 17 heavy (non-hydrogen) atoms. The monoisotopic (exact) mass is 227 g/mol. The van der Waals surface area contributed by atoms with Gasteiger partial charge in [0.05, 0.1) is 6.04 Å². The lowest BCUT2D eigenvalue weighted by molar-refractivity contribution is 0.199. The predicted molar refractivity (Wildman–Crippen MR) is 66.3 cm³/mol. The van der Waals surface area contributed by atoms with E-state index in [-0.39, 0.29) is 18.1 Å². The first kappa shape index (κ1) is 11.2. The minimum absolute atomic E-state index is 0.295. The van der Waals surface area contributed by atoms with E-state index >= 15 is 0 Å². The molecule has 0 spiro atoms. The lowest BCUT2D eigenvalue weighted by Gasteiger charge is -2.27. The molecule has 2 unspecified atom stereocenters. The first-order valence-electron chi connectivity index (χ1n) is 5.32. The SMILES string of the molecule is C#CC(C)N1C(=O)N=C(N)C1c1ccccc1. The van der Waals surface area contributed by atoms with Gasteiger partial charge >= 0.3 is 6.03 Å². The van der Waals surface area contributed by atoms with Gasteiger partial charge in [0, 0.05) is 0 Å². The van der Waals surface area contributed by atoms with Crippen LogP contribution in [0.15, 0.2) is 35.3 Å². The molecular weight excluding hydrogens is 214 g/mol. The van der Waals surface area contributed by atoms with Gasteiger partial charge in [-0.05, 0) is 12.5 Å². The van der Waals surface area contributed by atoms with Gasteiger partial charge in [-0.1, -0.05) is 36.3 Å². The van der Waals surface area contributed by atoms with Crippen LogP contribution in [-0.2, 0) is 0 Å². The van der Waals surface area contributed by atoms with Gasteiger partial charge in [0.2, 0.25) is 0 Å². The molecule has 0 saturated carbocycles. The van der Waals surface area contributed by atoms with Gasteiger partial charge < -0.3 is 5.73 Å². The van der Waals surface area contributed by atoms with Crippen LogP contribution in [-0.4, -0.2) is 22.8 Å². The molecule has 4 nitrogen and oxygen atoms in total. The third-order valence-electron chi connectivity index (χ3n) is 2.78. The molecular formula is C13H13N3O. The molecule has 1 heterocycles. The Morgan fingerprint density at radius 3 is 2.71 bits per heavy atom. The predicted octanol–water partition coefficient (Wildman–Crippen LogP) is 1.54. The van der Waals surface area contributed by atoms with Crippen LogP contribution in [0.3, 0.4) is 0 Å². The second-order valence-corrected chi connectivity index (χ2v) is 3.88. The molecule has 2 N–H and O–H groups in total. The van der Waals surface area contributed by atoms with Crippen molar-refractivity contribution in [3.63, 3.8) is 0 Å². The van der Waals surface area contributed by atoms with Crippen molar-refractivity contribution in [3.8, 4) is 12.3 Å². The third-order valence-corrected chi connectivity index (χ3v) is 2.78. The Balaban J connectivity index is 2.41.